The summed E-state index contributed by atoms with van der Waals surface area (Å²) in [7, 11) is 0. The van der Waals surface area contributed by atoms with Gasteiger partial charge >= 0.3 is 0 Å². The minimum atomic E-state index is 0.0977. The predicted octanol–water partition coefficient (Wildman–Crippen LogP) is 2.26. The molecule has 1 aliphatic rings. The van der Waals surface area contributed by atoms with Crippen LogP contribution >= 0.6 is 0 Å². The SMILES string of the molecule is CC(C)NC(=O)CCNC1c2ccccc2OCC1C. The Hall–Kier alpha value is -1.55. The molecule has 0 radical (unpaired) electrons. The zero-order valence-electron chi connectivity index (χ0n) is 12.5. The lowest BCUT2D eigenvalue weighted by Crippen LogP contribution is -2.37. The quantitative estimate of drug-likeness (QED) is 0.867. The molecule has 4 nitrogen and oxygen atoms in total. The van der Waals surface area contributed by atoms with Gasteiger partial charge in [-0.25, -0.2) is 0 Å². The third-order valence-corrected chi connectivity index (χ3v) is 3.49. The van der Waals surface area contributed by atoms with E-state index in [1.54, 1.807) is 0 Å². The van der Waals surface area contributed by atoms with E-state index < -0.39 is 0 Å². The molecule has 0 saturated heterocycles. The summed E-state index contributed by atoms with van der Waals surface area (Å²) in [5.74, 6) is 1.45. The van der Waals surface area contributed by atoms with Gasteiger partial charge in [0, 0.05) is 36.5 Å². The minimum Gasteiger partial charge on any atom is -0.493 e. The Balaban J connectivity index is 1.91. The van der Waals surface area contributed by atoms with Crippen LogP contribution in [0, 0.1) is 5.92 Å². The van der Waals surface area contributed by atoms with Crippen LogP contribution in [0.4, 0.5) is 0 Å². The standard InChI is InChI=1S/C16H24N2O2/c1-11(2)18-15(19)8-9-17-16-12(3)10-20-14-7-5-4-6-13(14)16/h4-7,11-12,16-17H,8-10H2,1-3H3,(H,18,19). The van der Waals surface area contributed by atoms with Gasteiger partial charge in [0.15, 0.2) is 0 Å². The summed E-state index contributed by atoms with van der Waals surface area (Å²) in [6, 6.07) is 8.57. The topological polar surface area (TPSA) is 50.4 Å². The number of rotatable bonds is 5. The van der Waals surface area contributed by atoms with E-state index in [-0.39, 0.29) is 18.0 Å². The molecule has 2 atom stereocenters. The number of fused-ring (bicyclic) bond motifs is 1. The number of para-hydroxylation sites is 1. The Morgan fingerprint density at radius 3 is 2.90 bits per heavy atom. The van der Waals surface area contributed by atoms with E-state index >= 15 is 0 Å². The monoisotopic (exact) mass is 276 g/mol. The maximum atomic E-state index is 11.6. The number of carbonyl (C=O) groups excluding carboxylic acids is 1. The summed E-state index contributed by atoms with van der Waals surface area (Å²) in [5.41, 5.74) is 1.19. The van der Waals surface area contributed by atoms with Crippen molar-refractivity contribution in [3.63, 3.8) is 0 Å². The molecule has 0 aromatic heterocycles. The van der Waals surface area contributed by atoms with Gasteiger partial charge < -0.3 is 15.4 Å². The lowest BCUT2D eigenvalue weighted by atomic mass is 9.92. The zero-order valence-corrected chi connectivity index (χ0v) is 12.5. The Morgan fingerprint density at radius 2 is 2.15 bits per heavy atom. The van der Waals surface area contributed by atoms with E-state index in [1.807, 2.05) is 32.0 Å². The number of hydrogen-bond acceptors (Lipinski definition) is 3. The van der Waals surface area contributed by atoms with Gasteiger partial charge in [-0.2, -0.15) is 0 Å². The van der Waals surface area contributed by atoms with E-state index in [4.69, 9.17) is 4.74 Å². The van der Waals surface area contributed by atoms with Crippen molar-refractivity contribution >= 4 is 5.91 Å². The largest absolute Gasteiger partial charge is 0.493 e. The van der Waals surface area contributed by atoms with Crippen molar-refractivity contribution in [2.45, 2.75) is 39.3 Å². The molecule has 110 valence electrons. The van der Waals surface area contributed by atoms with E-state index in [9.17, 15) is 4.79 Å². The van der Waals surface area contributed by atoms with E-state index in [1.165, 1.54) is 5.56 Å². The molecule has 0 spiro atoms. The van der Waals surface area contributed by atoms with Crippen molar-refractivity contribution in [3.8, 4) is 5.75 Å². The van der Waals surface area contributed by atoms with E-state index in [0.29, 0.717) is 25.5 Å². The van der Waals surface area contributed by atoms with E-state index in [2.05, 4.69) is 23.6 Å². The minimum absolute atomic E-state index is 0.0977. The third kappa shape index (κ3) is 3.73. The molecule has 1 heterocycles. The molecule has 0 saturated carbocycles. The van der Waals surface area contributed by atoms with Gasteiger partial charge in [0.1, 0.15) is 5.75 Å². The average molecular weight is 276 g/mol. The number of carbonyl (C=O) groups is 1. The fraction of sp³-hybridized carbons (Fsp3) is 0.562. The third-order valence-electron chi connectivity index (χ3n) is 3.49. The first-order chi connectivity index (χ1) is 9.58. The van der Waals surface area contributed by atoms with Gasteiger partial charge in [-0.1, -0.05) is 25.1 Å². The first-order valence-electron chi connectivity index (χ1n) is 7.32. The number of ether oxygens (including phenoxy) is 1. The molecule has 0 aliphatic carbocycles. The van der Waals surface area contributed by atoms with Crippen LogP contribution in [-0.2, 0) is 4.79 Å². The lowest BCUT2D eigenvalue weighted by molar-refractivity contribution is -0.121. The van der Waals surface area contributed by atoms with Gasteiger partial charge in [0.05, 0.1) is 6.61 Å². The molecule has 1 aliphatic heterocycles. The molecule has 0 fully saturated rings. The molecular weight excluding hydrogens is 252 g/mol. The van der Waals surface area contributed by atoms with Crippen LogP contribution in [0.15, 0.2) is 24.3 Å². The van der Waals surface area contributed by atoms with Crippen LogP contribution in [0.1, 0.15) is 38.8 Å². The van der Waals surface area contributed by atoms with Gasteiger partial charge in [-0.15, -0.1) is 0 Å². The highest BCUT2D eigenvalue weighted by Gasteiger charge is 2.27. The summed E-state index contributed by atoms with van der Waals surface area (Å²) in [6.45, 7) is 7.51. The molecule has 1 aromatic rings. The van der Waals surface area contributed by atoms with Crippen LogP contribution in [0.25, 0.3) is 0 Å². The first-order valence-corrected chi connectivity index (χ1v) is 7.32. The second kappa shape index (κ2) is 6.75. The van der Waals surface area contributed by atoms with Crippen molar-refractivity contribution in [2.75, 3.05) is 13.2 Å². The van der Waals surface area contributed by atoms with Crippen LogP contribution in [-0.4, -0.2) is 25.1 Å². The molecular formula is C16H24N2O2. The van der Waals surface area contributed by atoms with Crippen LogP contribution in [0.5, 0.6) is 5.75 Å². The summed E-state index contributed by atoms with van der Waals surface area (Å²) >= 11 is 0. The number of amides is 1. The van der Waals surface area contributed by atoms with Gasteiger partial charge in [0.2, 0.25) is 5.91 Å². The van der Waals surface area contributed by atoms with Gasteiger partial charge in [0.25, 0.3) is 0 Å². The van der Waals surface area contributed by atoms with Gasteiger partial charge in [-0.05, 0) is 19.9 Å². The summed E-state index contributed by atoms with van der Waals surface area (Å²) in [5, 5.41) is 6.40. The highest BCUT2D eigenvalue weighted by atomic mass is 16.5. The molecule has 2 unspecified atom stereocenters. The van der Waals surface area contributed by atoms with Crippen LogP contribution < -0.4 is 15.4 Å². The van der Waals surface area contributed by atoms with Crippen molar-refractivity contribution in [3.05, 3.63) is 29.8 Å². The Bertz CT molecular complexity index is 460. The highest BCUT2D eigenvalue weighted by Crippen LogP contribution is 2.34. The van der Waals surface area contributed by atoms with Crippen molar-refractivity contribution in [2.24, 2.45) is 5.92 Å². The van der Waals surface area contributed by atoms with Crippen LogP contribution in [0.3, 0.4) is 0 Å². The molecule has 1 amide bonds. The maximum Gasteiger partial charge on any atom is 0.221 e. The number of hydrogen-bond donors (Lipinski definition) is 2. The maximum absolute atomic E-state index is 11.6. The van der Waals surface area contributed by atoms with Crippen molar-refractivity contribution in [1.29, 1.82) is 0 Å². The summed E-state index contributed by atoms with van der Waals surface area (Å²) < 4.78 is 5.73. The summed E-state index contributed by atoms with van der Waals surface area (Å²) in [6.07, 6.45) is 0.504. The second-order valence-corrected chi connectivity index (χ2v) is 5.73. The highest BCUT2D eigenvalue weighted by molar-refractivity contribution is 5.76. The summed E-state index contributed by atoms with van der Waals surface area (Å²) in [4.78, 5) is 11.6. The molecule has 4 heteroatoms. The molecule has 1 aromatic carbocycles. The Morgan fingerprint density at radius 1 is 1.40 bits per heavy atom. The molecule has 2 rings (SSSR count). The zero-order chi connectivity index (χ0) is 14.5. The smallest absolute Gasteiger partial charge is 0.221 e. The molecule has 0 bridgehead atoms. The van der Waals surface area contributed by atoms with Crippen molar-refractivity contribution < 1.29 is 9.53 Å². The second-order valence-electron chi connectivity index (χ2n) is 5.73. The van der Waals surface area contributed by atoms with Crippen LogP contribution in [0.2, 0.25) is 0 Å². The van der Waals surface area contributed by atoms with E-state index in [0.717, 1.165) is 5.75 Å². The predicted molar refractivity (Wildman–Crippen MR) is 79.7 cm³/mol. The fourth-order valence-corrected chi connectivity index (χ4v) is 2.54. The average Bonchev–Trinajstić information content (AvgIpc) is 2.40. The normalized spacial score (nSPS) is 21.2. The van der Waals surface area contributed by atoms with Gasteiger partial charge in [-0.3, -0.25) is 4.79 Å². The first kappa shape index (κ1) is 14.9. The molecule has 2 N–H and O–H groups in total. The fourth-order valence-electron chi connectivity index (χ4n) is 2.54. The number of benzene rings is 1. The lowest BCUT2D eigenvalue weighted by Gasteiger charge is -2.32. The Kier molecular flexibility index (Phi) is 5.01. The Labute approximate surface area is 120 Å². The number of nitrogens with one attached hydrogen (secondary N) is 2. The molecule has 20 heavy (non-hydrogen) atoms. The van der Waals surface area contributed by atoms with Crippen molar-refractivity contribution in [1.82, 2.24) is 10.6 Å².